The largest absolute Gasteiger partial charge is 0.481 e. The second-order valence-electron chi connectivity index (χ2n) is 4.53. The van der Waals surface area contributed by atoms with E-state index in [9.17, 15) is 4.79 Å². The highest BCUT2D eigenvalue weighted by atomic mass is 16.5. The monoisotopic (exact) mass is 265 g/mol. The molecule has 0 spiro atoms. The van der Waals surface area contributed by atoms with E-state index < -0.39 is 5.97 Å². The summed E-state index contributed by atoms with van der Waals surface area (Å²) < 4.78 is 5.47. The van der Waals surface area contributed by atoms with Crippen LogP contribution in [0.15, 0.2) is 30.3 Å². The molecule has 0 saturated carbocycles. The fraction of sp³-hybridized carbons (Fsp3) is 0.533. The van der Waals surface area contributed by atoms with Crippen molar-refractivity contribution in [1.82, 2.24) is 0 Å². The minimum atomic E-state index is -0.745. The molecule has 1 aromatic rings. The van der Waals surface area contributed by atoms with Crippen LogP contribution in [0.5, 0.6) is 0 Å². The number of para-hydroxylation sites is 1. The highest BCUT2D eigenvalue weighted by Gasteiger charge is 2.14. The molecule has 1 aromatic carbocycles. The summed E-state index contributed by atoms with van der Waals surface area (Å²) >= 11 is 0. The zero-order chi connectivity index (χ0) is 14.1. The molecule has 4 nitrogen and oxygen atoms in total. The molecular weight excluding hydrogens is 242 g/mol. The van der Waals surface area contributed by atoms with Crippen LogP contribution in [-0.2, 0) is 9.53 Å². The van der Waals surface area contributed by atoms with Gasteiger partial charge in [-0.2, -0.15) is 0 Å². The first-order valence-corrected chi connectivity index (χ1v) is 6.76. The van der Waals surface area contributed by atoms with E-state index in [0.717, 1.165) is 12.2 Å². The van der Waals surface area contributed by atoms with Crippen LogP contribution < -0.4 is 4.90 Å². The van der Waals surface area contributed by atoms with Gasteiger partial charge in [0.1, 0.15) is 0 Å². The van der Waals surface area contributed by atoms with Crippen molar-refractivity contribution >= 4 is 11.7 Å². The van der Waals surface area contributed by atoms with Crippen LogP contribution >= 0.6 is 0 Å². The van der Waals surface area contributed by atoms with Gasteiger partial charge in [-0.1, -0.05) is 18.2 Å². The molecule has 4 heteroatoms. The molecule has 0 aliphatic carbocycles. The van der Waals surface area contributed by atoms with Crippen molar-refractivity contribution in [2.45, 2.75) is 32.7 Å². The van der Waals surface area contributed by atoms with Crippen molar-refractivity contribution < 1.29 is 14.6 Å². The first-order chi connectivity index (χ1) is 9.15. The maximum absolute atomic E-state index is 10.6. The summed E-state index contributed by atoms with van der Waals surface area (Å²) in [4.78, 5) is 12.8. The van der Waals surface area contributed by atoms with E-state index in [1.54, 1.807) is 0 Å². The van der Waals surface area contributed by atoms with E-state index in [-0.39, 0.29) is 12.5 Å². The fourth-order valence-corrected chi connectivity index (χ4v) is 2.00. The molecule has 0 aliphatic heterocycles. The molecule has 0 amide bonds. The summed E-state index contributed by atoms with van der Waals surface area (Å²) in [5.41, 5.74) is 1.11. The van der Waals surface area contributed by atoms with Gasteiger partial charge in [0, 0.05) is 31.3 Å². The lowest BCUT2D eigenvalue weighted by Crippen LogP contribution is -2.37. The Morgan fingerprint density at radius 1 is 1.37 bits per heavy atom. The number of rotatable bonds is 9. The third-order valence-electron chi connectivity index (χ3n) is 2.97. The number of hydrogen-bond donors (Lipinski definition) is 1. The molecule has 0 heterocycles. The average molecular weight is 265 g/mol. The van der Waals surface area contributed by atoms with Crippen LogP contribution in [0.25, 0.3) is 0 Å². The van der Waals surface area contributed by atoms with Crippen LogP contribution in [0, 0.1) is 0 Å². The average Bonchev–Trinajstić information content (AvgIpc) is 2.41. The third-order valence-corrected chi connectivity index (χ3v) is 2.97. The standard InChI is InChI=1S/C15H23NO3/c1-3-19-12-13(2)16(11-7-10-15(17)18)14-8-5-4-6-9-14/h4-6,8-9,13H,3,7,10-12H2,1-2H3,(H,17,18). The maximum atomic E-state index is 10.6. The zero-order valence-electron chi connectivity index (χ0n) is 11.7. The summed E-state index contributed by atoms with van der Waals surface area (Å²) in [7, 11) is 0. The first kappa shape index (κ1) is 15.5. The van der Waals surface area contributed by atoms with E-state index >= 15 is 0 Å². The normalized spacial score (nSPS) is 12.1. The van der Waals surface area contributed by atoms with Crippen LogP contribution in [-0.4, -0.2) is 36.9 Å². The number of anilines is 1. The SMILES string of the molecule is CCOCC(C)N(CCCC(=O)O)c1ccccc1. The number of benzene rings is 1. The predicted octanol–water partition coefficient (Wildman–Crippen LogP) is 2.78. The molecule has 0 aliphatic rings. The number of ether oxygens (including phenoxy) is 1. The fourth-order valence-electron chi connectivity index (χ4n) is 2.00. The van der Waals surface area contributed by atoms with Crippen LogP contribution in [0.1, 0.15) is 26.7 Å². The van der Waals surface area contributed by atoms with Crippen molar-refractivity contribution in [2.75, 3.05) is 24.7 Å². The molecule has 1 unspecified atom stereocenters. The minimum absolute atomic E-state index is 0.199. The number of carboxylic acid groups (broad SMARTS) is 1. The van der Waals surface area contributed by atoms with Crippen molar-refractivity contribution in [3.8, 4) is 0 Å². The molecule has 106 valence electrons. The smallest absolute Gasteiger partial charge is 0.303 e. The lowest BCUT2D eigenvalue weighted by Gasteiger charge is -2.31. The molecule has 1 rings (SSSR count). The van der Waals surface area contributed by atoms with Crippen molar-refractivity contribution in [1.29, 1.82) is 0 Å². The molecule has 0 radical (unpaired) electrons. The van der Waals surface area contributed by atoms with E-state index in [2.05, 4.69) is 11.8 Å². The van der Waals surface area contributed by atoms with E-state index in [0.29, 0.717) is 19.6 Å². The molecule has 0 aromatic heterocycles. The number of nitrogens with zero attached hydrogens (tertiary/aromatic N) is 1. The summed E-state index contributed by atoms with van der Waals surface area (Å²) in [5, 5.41) is 8.73. The zero-order valence-corrected chi connectivity index (χ0v) is 11.7. The van der Waals surface area contributed by atoms with Crippen LogP contribution in [0.3, 0.4) is 0 Å². The lowest BCUT2D eigenvalue weighted by molar-refractivity contribution is -0.137. The predicted molar refractivity (Wildman–Crippen MR) is 76.6 cm³/mol. The van der Waals surface area contributed by atoms with Crippen LogP contribution in [0.2, 0.25) is 0 Å². The molecule has 0 fully saturated rings. The maximum Gasteiger partial charge on any atom is 0.303 e. The molecule has 0 bridgehead atoms. The number of carboxylic acids is 1. The summed E-state index contributed by atoms with van der Waals surface area (Å²) in [6.45, 7) is 6.15. The summed E-state index contributed by atoms with van der Waals surface area (Å²) in [6, 6.07) is 10.3. The van der Waals surface area contributed by atoms with Gasteiger partial charge in [-0.25, -0.2) is 0 Å². The Morgan fingerprint density at radius 3 is 2.63 bits per heavy atom. The van der Waals surface area contributed by atoms with Gasteiger partial charge in [-0.05, 0) is 32.4 Å². The van der Waals surface area contributed by atoms with Gasteiger partial charge in [-0.3, -0.25) is 4.79 Å². The Kier molecular flexibility index (Phi) is 6.97. The van der Waals surface area contributed by atoms with Crippen molar-refractivity contribution in [3.05, 3.63) is 30.3 Å². The Hall–Kier alpha value is -1.55. The van der Waals surface area contributed by atoms with E-state index in [1.807, 2.05) is 37.3 Å². The van der Waals surface area contributed by atoms with E-state index in [4.69, 9.17) is 9.84 Å². The quantitative estimate of drug-likeness (QED) is 0.746. The molecule has 1 atom stereocenters. The third kappa shape index (κ3) is 5.75. The van der Waals surface area contributed by atoms with Gasteiger partial charge < -0.3 is 14.7 Å². The number of aliphatic carboxylic acids is 1. The Balaban J connectivity index is 2.64. The van der Waals surface area contributed by atoms with E-state index in [1.165, 1.54) is 0 Å². The van der Waals surface area contributed by atoms with Crippen LogP contribution in [0.4, 0.5) is 5.69 Å². The Labute approximate surface area is 115 Å². The second-order valence-corrected chi connectivity index (χ2v) is 4.53. The van der Waals surface area contributed by atoms with Gasteiger partial charge in [0.15, 0.2) is 0 Å². The Bertz CT molecular complexity index is 367. The molecule has 0 saturated heterocycles. The van der Waals surface area contributed by atoms with Gasteiger partial charge in [0.05, 0.1) is 6.61 Å². The van der Waals surface area contributed by atoms with Crippen molar-refractivity contribution in [2.24, 2.45) is 0 Å². The summed E-state index contributed by atoms with van der Waals surface area (Å²) in [6.07, 6.45) is 0.839. The number of hydrogen-bond acceptors (Lipinski definition) is 3. The summed E-state index contributed by atoms with van der Waals surface area (Å²) in [5.74, 6) is -0.745. The topological polar surface area (TPSA) is 49.8 Å². The minimum Gasteiger partial charge on any atom is -0.481 e. The van der Waals surface area contributed by atoms with Gasteiger partial charge in [0.25, 0.3) is 0 Å². The molecular formula is C15H23NO3. The van der Waals surface area contributed by atoms with Gasteiger partial charge in [-0.15, -0.1) is 0 Å². The number of carbonyl (C=O) groups is 1. The Morgan fingerprint density at radius 2 is 2.05 bits per heavy atom. The lowest BCUT2D eigenvalue weighted by atomic mass is 10.2. The molecule has 1 N–H and O–H groups in total. The highest BCUT2D eigenvalue weighted by molar-refractivity contribution is 5.66. The second kappa shape index (κ2) is 8.53. The van der Waals surface area contributed by atoms with Gasteiger partial charge in [0.2, 0.25) is 0 Å². The molecule has 19 heavy (non-hydrogen) atoms. The first-order valence-electron chi connectivity index (χ1n) is 6.76. The van der Waals surface area contributed by atoms with Crippen molar-refractivity contribution in [3.63, 3.8) is 0 Å². The highest BCUT2D eigenvalue weighted by Crippen LogP contribution is 2.17. The van der Waals surface area contributed by atoms with Gasteiger partial charge >= 0.3 is 5.97 Å².